The number of hydrogen-bond donors (Lipinski definition) is 2. The van der Waals surface area contributed by atoms with Crippen LogP contribution in [0.4, 0.5) is 0 Å². The van der Waals surface area contributed by atoms with Crippen LogP contribution in [0.2, 0.25) is 0 Å². The number of carbonyl (C=O) groups excluding carboxylic acids is 2. The standard InChI is InChI=1S/C32H48N2O4/c1-5-25(3)27-17-11-13-19-29(27)37-23-31(35)33-21-15-9-7-8-10-16-22-34-32(36)24-38-30-20-14-12-18-28(30)26(4)6-2/h11-14,17-20,25-26H,5-10,15-16,21-24H2,1-4H3,(H,33,35)(H,34,36). The van der Waals surface area contributed by atoms with E-state index in [2.05, 4.69) is 50.5 Å². The predicted molar refractivity (Wildman–Crippen MR) is 155 cm³/mol. The van der Waals surface area contributed by atoms with Gasteiger partial charge in [0, 0.05) is 13.1 Å². The van der Waals surface area contributed by atoms with E-state index in [1.807, 2.05) is 36.4 Å². The number of amides is 2. The fourth-order valence-electron chi connectivity index (χ4n) is 4.28. The number of nitrogens with one attached hydrogen (secondary N) is 2. The summed E-state index contributed by atoms with van der Waals surface area (Å²) >= 11 is 0. The van der Waals surface area contributed by atoms with Crippen LogP contribution in [0.3, 0.4) is 0 Å². The third-order valence-electron chi connectivity index (χ3n) is 7.09. The lowest BCUT2D eigenvalue weighted by molar-refractivity contribution is -0.123. The molecule has 210 valence electrons. The van der Waals surface area contributed by atoms with Gasteiger partial charge in [0.05, 0.1) is 0 Å². The molecule has 0 spiro atoms. The van der Waals surface area contributed by atoms with Crippen molar-refractivity contribution in [3.8, 4) is 11.5 Å². The first-order chi connectivity index (χ1) is 18.5. The van der Waals surface area contributed by atoms with Gasteiger partial charge in [-0.3, -0.25) is 9.59 Å². The van der Waals surface area contributed by atoms with Gasteiger partial charge in [0.25, 0.3) is 11.8 Å². The summed E-state index contributed by atoms with van der Waals surface area (Å²) in [4.78, 5) is 24.3. The summed E-state index contributed by atoms with van der Waals surface area (Å²) in [6.07, 6.45) is 8.38. The molecule has 0 aliphatic rings. The number of rotatable bonds is 19. The first-order valence-electron chi connectivity index (χ1n) is 14.4. The average molecular weight is 525 g/mol. The molecule has 0 aromatic heterocycles. The van der Waals surface area contributed by atoms with E-state index in [0.717, 1.165) is 74.0 Å². The molecule has 6 heteroatoms. The van der Waals surface area contributed by atoms with Crippen molar-refractivity contribution in [3.05, 3.63) is 59.7 Å². The average Bonchev–Trinajstić information content (AvgIpc) is 2.95. The van der Waals surface area contributed by atoms with Crippen LogP contribution in [-0.4, -0.2) is 38.1 Å². The number of unbranched alkanes of at least 4 members (excludes halogenated alkanes) is 5. The minimum Gasteiger partial charge on any atom is -0.483 e. The Hall–Kier alpha value is -3.02. The number of benzene rings is 2. The Kier molecular flexibility index (Phi) is 15.0. The van der Waals surface area contributed by atoms with E-state index in [9.17, 15) is 9.59 Å². The smallest absolute Gasteiger partial charge is 0.257 e. The lowest BCUT2D eigenvalue weighted by Crippen LogP contribution is -2.30. The zero-order valence-electron chi connectivity index (χ0n) is 23.9. The molecule has 0 aliphatic carbocycles. The highest BCUT2D eigenvalue weighted by atomic mass is 16.5. The molecule has 0 heterocycles. The van der Waals surface area contributed by atoms with Gasteiger partial charge < -0.3 is 20.1 Å². The van der Waals surface area contributed by atoms with Crippen LogP contribution >= 0.6 is 0 Å². The molecule has 2 aromatic rings. The van der Waals surface area contributed by atoms with Gasteiger partial charge in [0.1, 0.15) is 11.5 Å². The topological polar surface area (TPSA) is 76.7 Å². The molecule has 2 atom stereocenters. The largest absolute Gasteiger partial charge is 0.483 e. The predicted octanol–water partition coefficient (Wildman–Crippen LogP) is 6.74. The fourth-order valence-corrected chi connectivity index (χ4v) is 4.28. The van der Waals surface area contributed by atoms with Crippen molar-refractivity contribution in [2.75, 3.05) is 26.3 Å². The van der Waals surface area contributed by atoms with Crippen molar-refractivity contribution in [1.82, 2.24) is 10.6 Å². The summed E-state index contributed by atoms with van der Waals surface area (Å²) in [7, 11) is 0. The molecule has 0 bridgehead atoms. The van der Waals surface area contributed by atoms with Crippen LogP contribution in [0.15, 0.2) is 48.5 Å². The summed E-state index contributed by atoms with van der Waals surface area (Å²) in [5.41, 5.74) is 2.30. The molecule has 2 N–H and O–H groups in total. The van der Waals surface area contributed by atoms with E-state index >= 15 is 0 Å². The molecular formula is C32H48N2O4. The van der Waals surface area contributed by atoms with Crippen molar-refractivity contribution >= 4 is 11.8 Å². The van der Waals surface area contributed by atoms with Crippen LogP contribution < -0.4 is 20.1 Å². The molecule has 38 heavy (non-hydrogen) atoms. The van der Waals surface area contributed by atoms with Gasteiger partial charge >= 0.3 is 0 Å². The van der Waals surface area contributed by atoms with Gasteiger partial charge in [-0.05, 0) is 60.8 Å². The van der Waals surface area contributed by atoms with Gasteiger partial charge in [-0.2, -0.15) is 0 Å². The number of para-hydroxylation sites is 2. The third kappa shape index (κ3) is 11.6. The first kappa shape index (κ1) is 31.2. The molecule has 2 aromatic carbocycles. The van der Waals surface area contributed by atoms with Crippen molar-refractivity contribution < 1.29 is 19.1 Å². The SMILES string of the molecule is CCC(C)c1ccccc1OCC(=O)NCCCCCCCCNC(=O)COc1ccccc1C(C)CC. The van der Waals surface area contributed by atoms with E-state index in [1.165, 1.54) is 0 Å². The number of ether oxygens (including phenoxy) is 2. The molecule has 2 unspecified atom stereocenters. The van der Waals surface area contributed by atoms with E-state index < -0.39 is 0 Å². The Morgan fingerprint density at radius 2 is 1.00 bits per heavy atom. The van der Waals surface area contributed by atoms with Crippen LogP contribution in [0.25, 0.3) is 0 Å². The lowest BCUT2D eigenvalue weighted by atomic mass is 9.98. The van der Waals surface area contributed by atoms with E-state index in [-0.39, 0.29) is 25.0 Å². The summed E-state index contributed by atoms with van der Waals surface area (Å²) < 4.78 is 11.6. The van der Waals surface area contributed by atoms with Crippen molar-refractivity contribution in [2.24, 2.45) is 0 Å². The molecule has 0 fully saturated rings. The highest BCUT2D eigenvalue weighted by Crippen LogP contribution is 2.29. The molecule has 0 saturated carbocycles. The quantitative estimate of drug-likeness (QED) is 0.199. The van der Waals surface area contributed by atoms with E-state index in [1.54, 1.807) is 0 Å². The maximum atomic E-state index is 12.1. The van der Waals surface area contributed by atoms with Crippen LogP contribution in [0.1, 0.15) is 102 Å². The molecule has 0 saturated heterocycles. The molecule has 2 amide bonds. The minimum atomic E-state index is -0.0768. The maximum Gasteiger partial charge on any atom is 0.257 e. The second kappa shape index (κ2) is 18.3. The van der Waals surface area contributed by atoms with E-state index in [4.69, 9.17) is 9.47 Å². The Morgan fingerprint density at radius 1 is 0.632 bits per heavy atom. The van der Waals surface area contributed by atoms with Gasteiger partial charge in [-0.25, -0.2) is 0 Å². The monoisotopic (exact) mass is 524 g/mol. The summed E-state index contributed by atoms with van der Waals surface area (Å²) in [6, 6.07) is 15.9. The van der Waals surface area contributed by atoms with Crippen molar-refractivity contribution in [3.63, 3.8) is 0 Å². The maximum absolute atomic E-state index is 12.1. The Bertz CT molecular complexity index is 884. The Balaban J connectivity index is 1.46. The highest BCUT2D eigenvalue weighted by Gasteiger charge is 2.12. The molecule has 2 rings (SSSR count). The first-order valence-corrected chi connectivity index (χ1v) is 14.4. The van der Waals surface area contributed by atoms with Crippen LogP contribution in [0, 0.1) is 0 Å². The zero-order valence-corrected chi connectivity index (χ0v) is 23.9. The zero-order chi connectivity index (χ0) is 27.6. The number of carbonyl (C=O) groups is 2. The van der Waals surface area contributed by atoms with Gasteiger partial charge in [0.2, 0.25) is 0 Å². The highest BCUT2D eigenvalue weighted by molar-refractivity contribution is 5.77. The Labute approximate surface area is 229 Å². The minimum absolute atomic E-state index is 0.0502. The second-order valence-electron chi connectivity index (χ2n) is 10.1. The van der Waals surface area contributed by atoms with Gasteiger partial charge in [-0.1, -0.05) is 89.8 Å². The summed E-state index contributed by atoms with van der Waals surface area (Å²) in [5, 5.41) is 5.90. The van der Waals surface area contributed by atoms with Gasteiger partial charge in [0.15, 0.2) is 13.2 Å². The normalized spacial score (nSPS) is 12.4. The van der Waals surface area contributed by atoms with Crippen LogP contribution in [-0.2, 0) is 9.59 Å². The van der Waals surface area contributed by atoms with Crippen molar-refractivity contribution in [2.45, 2.75) is 90.9 Å². The molecular weight excluding hydrogens is 476 g/mol. The fraction of sp³-hybridized carbons (Fsp3) is 0.562. The third-order valence-corrected chi connectivity index (χ3v) is 7.09. The van der Waals surface area contributed by atoms with Crippen molar-refractivity contribution in [1.29, 1.82) is 0 Å². The Morgan fingerprint density at radius 3 is 1.39 bits per heavy atom. The van der Waals surface area contributed by atoms with E-state index in [0.29, 0.717) is 24.9 Å². The van der Waals surface area contributed by atoms with Gasteiger partial charge in [-0.15, -0.1) is 0 Å². The second-order valence-corrected chi connectivity index (χ2v) is 10.1. The molecule has 0 aliphatic heterocycles. The lowest BCUT2D eigenvalue weighted by Gasteiger charge is -2.15. The number of hydrogen-bond acceptors (Lipinski definition) is 4. The summed E-state index contributed by atoms with van der Waals surface area (Å²) in [5.74, 6) is 2.25. The summed E-state index contributed by atoms with van der Waals surface area (Å²) in [6.45, 7) is 10.1. The van der Waals surface area contributed by atoms with Crippen LogP contribution in [0.5, 0.6) is 11.5 Å². The molecule has 6 nitrogen and oxygen atoms in total. The molecule has 0 radical (unpaired) electrons.